The summed E-state index contributed by atoms with van der Waals surface area (Å²) in [4.78, 5) is 16.6. The number of nitrogens with one attached hydrogen (secondary N) is 3. The zero-order valence-electron chi connectivity index (χ0n) is 18.3. The van der Waals surface area contributed by atoms with Crippen LogP contribution in [0, 0.1) is 11.8 Å². The van der Waals surface area contributed by atoms with Gasteiger partial charge < -0.3 is 21.1 Å². The molecule has 1 unspecified atom stereocenters. The van der Waals surface area contributed by atoms with Gasteiger partial charge in [0.2, 0.25) is 0 Å². The second-order valence-electron chi connectivity index (χ2n) is 7.49. The van der Waals surface area contributed by atoms with E-state index in [1.54, 1.807) is 0 Å². The van der Waals surface area contributed by atoms with Gasteiger partial charge in [0.15, 0.2) is 5.96 Å². The van der Waals surface area contributed by atoms with Gasteiger partial charge in [0.1, 0.15) is 0 Å². The van der Waals surface area contributed by atoms with Gasteiger partial charge >= 0.3 is 6.18 Å². The Kier molecular flexibility index (Phi) is 14.5. The van der Waals surface area contributed by atoms with Crippen LogP contribution in [-0.4, -0.2) is 49.8 Å². The number of hydrogen-bond acceptors (Lipinski definition) is 3. The van der Waals surface area contributed by atoms with Gasteiger partial charge in [0.05, 0.1) is 5.56 Å². The van der Waals surface area contributed by atoms with E-state index in [9.17, 15) is 23.1 Å². The molecule has 1 aromatic rings. The molecule has 0 aliphatic carbocycles. The summed E-state index contributed by atoms with van der Waals surface area (Å²) < 4.78 is 37.8. The van der Waals surface area contributed by atoms with Gasteiger partial charge in [0, 0.05) is 38.3 Å². The van der Waals surface area contributed by atoms with E-state index in [0.717, 1.165) is 30.7 Å². The first-order valence-electron chi connectivity index (χ1n) is 10.3. The lowest BCUT2D eigenvalue weighted by Crippen LogP contribution is -2.41. The summed E-state index contributed by atoms with van der Waals surface area (Å²) in [7, 11) is 0. The highest BCUT2D eigenvalue weighted by Crippen LogP contribution is 2.29. The van der Waals surface area contributed by atoms with Crippen molar-refractivity contribution in [1.82, 2.24) is 16.0 Å². The Morgan fingerprint density at radius 1 is 1.10 bits per heavy atom. The monoisotopic (exact) mass is 558 g/mol. The molecule has 1 rings (SSSR count). The van der Waals surface area contributed by atoms with Crippen molar-refractivity contribution in [3.63, 3.8) is 0 Å². The van der Waals surface area contributed by atoms with Gasteiger partial charge in [-0.3, -0.25) is 9.79 Å². The predicted octanol–water partition coefficient (Wildman–Crippen LogP) is 3.65. The molecule has 1 atom stereocenters. The summed E-state index contributed by atoms with van der Waals surface area (Å²) in [5, 5.41) is 18.1. The van der Waals surface area contributed by atoms with E-state index in [1.165, 1.54) is 0 Å². The fourth-order valence-electron chi connectivity index (χ4n) is 2.96. The minimum absolute atomic E-state index is 0. The lowest BCUT2D eigenvalue weighted by Gasteiger charge is -2.17. The molecular weight excluding hydrogens is 524 g/mol. The second kappa shape index (κ2) is 15.3. The maximum atomic E-state index is 12.6. The Labute approximate surface area is 199 Å². The van der Waals surface area contributed by atoms with E-state index >= 15 is 0 Å². The van der Waals surface area contributed by atoms with E-state index in [2.05, 4.69) is 34.8 Å². The summed E-state index contributed by atoms with van der Waals surface area (Å²) >= 11 is 0. The number of aliphatic imine (C=N–C) groups is 1. The van der Waals surface area contributed by atoms with Crippen molar-refractivity contribution in [1.29, 1.82) is 0 Å². The third-order valence-electron chi connectivity index (χ3n) is 4.37. The first kappa shape index (κ1) is 29.4. The smallest absolute Gasteiger partial charge is 0.396 e. The summed E-state index contributed by atoms with van der Waals surface area (Å²) in [5.74, 6) is 0.998. The van der Waals surface area contributed by atoms with Crippen molar-refractivity contribution < 1.29 is 23.1 Å². The number of rotatable bonds is 11. The molecule has 4 N–H and O–H groups in total. The molecular formula is C21H34F3IN4O2. The Bertz CT molecular complexity index is 668. The predicted molar refractivity (Wildman–Crippen MR) is 128 cm³/mol. The van der Waals surface area contributed by atoms with Crippen molar-refractivity contribution in [3.8, 4) is 0 Å². The number of alkyl halides is 3. The molecule has 31 heavy (non-hydrogen) atoms. The summed E-state index contributed by atoms with van der Waals surface area (Å²) in [6.07, 6.45) is -2.75. The van der Waals surface area contributed by atoms with Crippen LogP contribution in [0.3, 0.4) is 0 Å². The molecule has 0 aliphatic heterocycles. The van der Waals surface area contributed by atoms with Crippen LogP contribution in [0.4, 0.5) is 13.2 Å². The molecule has 0 fully saturated rings. The average molecular weight is 558 g/mol. The minimum atomic E-state index is -4.42. The molecule has 1 amide bonds. The van der Waals surface area contributed by atoms with Crippen molar-refractivity contribution in [2.24, 2.45) is 16.8 Å². The van der Waals surface area contributed by atoms with E-state index in [1.807, 2.05) is 6.92 Å². The van der Waals surface area contributed by atoms with Gasteiger partial charge in [-0.15, -0.1) is 24.0 Å². The molecule has 0 heterocycles. The molecule has 0 bridgehead atoms. The first-order valence-corrected chi connectivity index (χ1v) is 10.3. The van der Waals surface area contributed by atoms with Gasteiger partial charge in [-0.2, -0.15) is 13.2 Å². The van der Waals surface area contributed by atoms with Gasteiger partial charge in [0.25, 0.3) is 5.91 Å². The number of nitrogens with zero attached hydrogens (tertiary/aromatic N) is 1. The molecule has 0 aromatic heterocycles. The number of amides is 1. The molecule has 0 saturated carbocycles. The second-order valence-corrected chi connectivity index (χ2v) is 7.49. The largest absolute Gasteiger partial charge is 0.416 e. The standard InChI is InChI=1S/C21H33F3N4O2.HI/c1-4-25-20(28-14-16(9-12-29)13-15(2)3)27-11-10-26-19(30)17-5-7-18(8-6-17)21(22,23)24;/h5-8,15-16,29H,4,9-14H2,1-3H3,(H,26,30)(H2,25,27,28);1H. The molecule has 1 aromatic carbocycles. The number of carbonyl (C=O) groups excluding carboxylic acids is 1. The number of guanidine groups is 1. The van der Waals surface area contributed by atoms with Crippen LogP contribution in [0.5, 0.6) is 0 Å². The van der Waals surface area contributed by atoms with E-state index in [4.69, 9.17) is 0 Å². The van der Waals surface area contributed by atoms with Crippen LogP contribution in [0.15, 0.2) is 29.3 Å². The zero-order chi connectivity index (χ0) is 22.6. The minimum Gasteiger partial charge on any atom is -0.396 e. The SMILES string of the molecule is CCNC(=NCC(CCO)CC(C)C)NCCNC(=O)c1ccc(C(F)(F)F)cc1.I. The topological polar surface area (TPSA) is 85.8 Å². The van der Waals surface area contributed by atoms with E-state index in [-0.39, 0.29) is 42.7 Å². The first-order chi connectivity index (χ1) is 14.2. The fraction of sp³-hybridized carbons (Fsp3) is 0.619. The maximum Gasteiger partial charge on any atom is 0.416 e. The number of aliphatic hydroxyl groups is 1. The van der Waals surface area contributed by atoms with Gasteiger partial charge in [-0.1, -0.05) is 13.8 Å². The fourth-order valence-corrected chi connectivity index (χ4v) is 2.96. The normalized spacial score (nSPS) is 12.8. The number of benzene rings is 1. The van der Waals surface area contributed by atoms with Crippen LogP contribution in [0.1, 0.15) is 49.5 Å². The van der Waals surface area contributed by atoms with Crippen LogP contribution in [-0.2, 0) is 6.18 Å². The Balaban J connectivity index is 0.00000900. The third-order valence-corrected chi connectivity index (χ3v) is 4.37. The van der Waals surface area contributed by atoms with Crippen LogP contribution in [0.2, 0.25) is 0 Å². The quantitative estimate of drug-likeness (QED) is 0.145. The van der Waals surface area contributed by atoms with Crippen molar-refractivity contribution in [2.75, 3.05) is 32.8 Å². The lowest BCUT2D eigenvalue weighted by atomic mass is 9.94. The van der Waals surface area contributed by atoms with Gasteiger partial charge in [-0.05, 0) is 55.9 Å². The lowest BCUT2D eigenvalue weighted by molar-refractivity contribution is -0.137. The summed E-state index contributed by atoms with van der Waals surface area (Å²) in [5.41, 5.74) is -0.617. The highest BCUT2D eigenvalue weighted by molar-refractivity contribution is 14.0. The molecule has 178 valence electrons. The molecule has 0 saturated heterocycles. The highest BCUT2D eigenvalue weighted by atomic mass is 127. The van der Waals surface area contributed by atoms with E-state index in [0.29, 0.717) is 43.9 Å². The van der Waals surface area contributed by atoms with Crippen LogP contribution in [0.25, 0.3) is 0 Å². The summed E-state index contributed by atoms with van der Waals surface area (Å²) in [6.45, 7) is 8.32. The molecule has 0 radical (unpaired) electrons. The summed E-state index contributed by atoms with van der Waals surface area (Å²) in [6, 6.07) is 4.10. The molecule has 6 nitrogen and oxygen atoms in total. The highest BCUT2D eigenvalue weighted by Gasteiger charge is 2.30. The Morgan fingerprint density at radius 2 is 1.71 bits per heavy atom. The number of carbonyl (C=O) groups is 1. The Hall–Kier alpha value is -1.56. The molecule has 0 aliphatic rings. The molecule has 0 spiro atoms. The third kappa shape index (κ3) is 12.2. The van der Waals surface area contributed by atoms with E-state index < -0.39 is 17.6 Å². The van der Waals surface area contributed by atoms with Crippen LogP contribution >= 0.6 is 24.0 Å². The zero-order valence-corrected chi connectivity index (χ0v) is 20.6. The van der Waals surface area contributed by atoms with Crippen molar-refractivity contribution in [2.45, 2.75) is 39.8 Å². The van der Waals surface area contributed by atoms with Crippen molar-refractivity contribution in [3.05, 3.63) is 35.4 Å². The number of halogens is 4. The maximum absolute atomic E-state index is 12.6. The average Bonchev–Trinajstić information content (AvgIpc) is 2.68. The number of hydrogen-bond donors (Lipinski definition) is 4. The van der Waals surface area contributed by atoms with Crippen LogP contribution < -0.4 is 16.0 Å². The molecule has 10 heteroatoms. The Morgan fingerprint density at radius 3 is 2.23 bits per heavy atom. The van der Waals surface area contributed by atoms with Gasteiger partial charge in [-0.25, -0.2) is 0 Å². The number of aliphatic hydroxyl groups excluding tert-OH is 1. The van der Waals surface area contributed by atoms with Crippen molar-refractivity contribution >= 4 is 35.8 Å².